The molecule has 0 amide bonds. The Morgan fingerprint density at radius 2 is 1.86 bits per heavy atom. The average Bonchev–Trinajstić information content (AvgIpc) is 2.48. The molecule has 0 aliphatic carbocycles. The van der Waals surface area contributed by atoms with E-state index in [2.05, 4.69) is 20.7 Å². The summed E-state index contributed by atoms with van der Waals surface area (Å²) in [5, 5.41) is 0. The number of benzene rings is 2. The molecule has 0 radical (unpaired) electrons. The molecular formula is C14H15BrN2O3S. The zero-order chi connectivity index (χ0) is 15.5. The molecule has 2 aromatic carbocycles. The first-order valence-electron chi connectivity index (χ1n) is 6.11. The van der Waals surface area contributed by atoms with E-state index in [0.29, 0.717) is 12.2 Å². The minimum atomic E-state index is -3.73. The quantitative estimate of drug-likeness (QED) is 0.847. The predicted molar refractivity (Wildman–Crippen MR) is 85.8 cm³/mol. The highest BCUT2D eigenvalue weighted by atomic mass is 79.9. The first-order valence-corrected chi connectivity index (χ1v) is 8.39. The van der Waals surface area contributed by atoms with E-state index in [9.17, 15) is 8.42 Å². The Hall–Kier alpha value is -1.57. The van der Waals surface area contributed by atoms with E-state index in [1.165, 1.54) is 13.2 Å². The maximum absolute atomic E-state index is 12.4. The number of sulfonamides is 1. The first kappa shape index (κ1) is 15.8. The molecule has 0 bridgehead atoms. The van der Waals surface area contributed by atoms with Gasteiger partial charge in [0.1, 0.15) is 10.6 Å². The highest BCUT2D eigenvalue weighted by Gasteiger charge is 2.19. The minimum Gasteiger partial charge on any atom is -0.495 e. The summed E-state index contributed by atoms with van der Waals surface area (Å²) in [7, 11) is -2.30. The van der Waals surface area contributed by atoms with Crippen molar-refractivity contribution in [3.63, 3.8) is 0 Å². The number of anilines is 1. The number of hydrogen-bond donors (Lipinski definition) is 2. The fourth-order valence-electron chi connectivity index (χ4n) is 1.79. The Labute approximate surface area is 132 Å². The van der Waals surface area contributed by atoms with Crippen LogP contribution in [-0.4, -0.2) is 15.5 Å². The number of halogens is 1. The zero-order valence-corrected chi connectivity index (χ0v) is 13.7. The third-order valence-electron chi connectivity index (χ3n) is 2.85. The average molecular weight is 371 g/mol. The summed E-state index contributed by atoms with van der Waals surface area (Å²) in [6.45, 7) is 0.316. The van der Waals surface area contributed by atoms with Crippen LogP contribution in [0.1, 0.15) is 5.56 Å². The summed E-state index contributed by atoms with van der Waals surface area (Å²) in [4.78, 5) is 0.0742. The zero-order valence-electron chi connectivity index (χ0n) is 11.3. The lowest BCUT2D eigenvalue weighted by Gasteiger charge is -2.12. The van der Waals surface area contributed by atoms with Crippen molar-refractivity contribution in [2.45, 2.75) is 11.4 Å². The summed E-state index contributed by atoms with van der Waals surface area (Å²) < 4.78 is 33.4. The molecule has 21 heavy (non-hydrogen) atoms. The molecule has 0 saturated carbocycles. The highest BCUT2D eigenvalue weighted by Crippen LogP contribution is 2.27. The van der Waals surface area contributed by atoms with Crippen LogP contribution < -0.4 is 15.2 Å². The second-order valence-electron chi connectivity index (χ2n) is 4.30. The van der Waals surface area contributed by atoms with Gasteiger partial charge in [0.15, 0.2) is 0 Å². The van der Waals surface area contributed by atoms with Gasteiger partial charge in [-0.3, -0.25) is 4.72 Å². The predicted octanol–water partition coefficient (Wildman–Crippen LogP) is 2.72. The molecule has 2 aromatic rings. The normalized spacial score (nSPS) is 11.2. The van der Waals surface area contributed by atoms with Crippen molar-refractivity contribution in [3.8, 4) is 5.75 Å². The van der Waals surface area contributed by atoms with E-state index in [1.54, 1.807) is 36.4 Å². The maximum Gasteiger partial charge on any atom is 0.265 e. The monoisotopic (exact) mass is 370 g/mol. The molecular weight excluding hydrogens is 356 g/mol. The summed E-state index contributed by atoms with van der Waals surface area (Å²) in [6.07, 6.45) is 0. The van der Waals surface area contributed by atoms with Gasteiger partial charge < -0.3 is 10.5 Å². The largest absolute Gasteiger partial charge is 0.495 e. The van der Waals surface area contributed by atoms with Crippen molar-refractivity contribution < 1.29 is 13.2 Å². The van der Waals surface area contributed by atoms with Gasteiger partial charge in [-0.15, -0.1) is 0 Å². The molecule has 7 heteroatoms. The van der Waals surface area contributed by atoms with Gasteiger partial charge in [-0.1, -0.05) is 22.0 Å². The molecule has 0 aromatic heterocycles. The fourth-order valence-corrected chi connectivity index (χ4v) is 3.26. The number of hydrogen-bond acceptors (Lipinski definition) is 4. The van der Waals surface area contributed by atoms with E-state index in [0.717, 1.165) is 10.0 Å². The van der Waals surface area contributed by atoms with Crippen molar-refractivity contribution in [3.05, 3.63) is 52.5 Å². The van der Waals surface area contributed by atoms with Gasteiger partial charge >= 0.3 is 0 Å². The van der Waals surface area contributed by atoms with Crippen LogP contribution >= 0.6 is 15.9 Å². The van der Waals surface area contributed by atoms with Crippen LogP contribution in [0.2, 0.25) is 0 Å². The van der Waals surface area contributed by atoms with E-state index in [1.807, 2.05) is 0 Å². The van der Waals surface area contributed by atoms with E-state index in [4.69, 9.17) is 10.5 Å². The van der Waals surface area contributed by atoms with E-state index >= 15 is 0 Å². The van der Waals surface area contributed by atoms with Crippen molar-refractivity contribution in [1.29, 1.82) is 0 Å². The summed E-state index contributed by atoms with van der Waals surface area (Å²) in [5.74, 6) is 0.266. The van der Waals surface area contributed by atoms with Gasteiger partial charge in [0.05, 0.1) is 7.11 Å². The van der Waals surface area contributed by atoms with E-state index in [-0.39, 0.29) is 10.6 Å². The molecule has 112 valence electrons. The second kappa shape index (κ2) is 6.46. The number of ether oxygens (including phenoxy) is 1. The Morgan fingerprint density at radius 1 is 1.19 bits per heavy atom. The van der Waals surface area contributed by atoms with Gasteiger partial charge in [-0.25, -0.2) is 8.42 Å². The number of rotatable bonds is 5. The minimum absolute atomic E-state index is 0.0742. The summed E-state index contributed by atoms with van der Waals surface area (Å²) in [5.41, 5.74) is 6.82. The molecule has 0 aliphatic rings. The lowest BCUT2D eigenvalue weighted by Crippen LogP contribution is -2.14. The van der Waals surface area contributed by atoms with Crippen LogP contribution in [0.4, 0.5) is 5.69 Å². The lowest BCUT2D eigenvalue weighted by molar-refractivity contribution is 0.402. The molecule has 0 aliphatic heterocycles. The van der Waals surface area contributed by atoms with E-state index < -0.39 is 10.0 Å². The summed E-state index contributed by atoms with van der Waals surface area (Å²) >= 11 is 3.30. The highest BCUT2D eigenvalue weighted by molar-refractivity contribution is 9.10. The molecule has 2 rings (SSSR count). The van der Waals surface area contributed by atoms with Crippen molar-refractivity contribution in [1.82, 2.24) is 0 Å². The van der Waals surface area contributed by atoms with Crippen LogP contribution in [0.25, 0.3) is 0 Å². The molecule has 0 spiro atoms. The Bertz CT molecular complexity index is 730. The fraction of sp³-hybridized carbons (Fsp3) is 0.143. The Balaban J connectivity index is 2.37. The van der Waals surface area contributed by atoms with Gasteiger partial charge in [-0.05, 0) is 42.0 Å². The molecule has 5 nitrogen and oxygen atoms in total. The Kier molecular flexibility index (Phi) is 4.87. The van der Waals surface area contributed by atoms with Crippen LogP contribution in [0.15, 0.2) is 51.8 Å². The van der Waals surface area contributed by atoms with Crippen LogP contribution in [0.5, 0.6) is 5.75 Å². The lowest BCUT2D eigenvalue weighted by atomic mass is 10.2. The number of nitrogens with one attached hydrogen (secondary N) is 1. The molecule has 0 atom stereocenters. The maximum atomic E-state index is 12.4. The van der Waals surface area contributed by atoms with Crippen LogP contribution in [0.3, 0.4) is 0 Å². The smallest absolute Gasteiger partial charge is 0.265 e. The topological polar surface area (TPSA) is 81.4 Å². The Morgan fingerprint density at radius 3 is 2.43 bits per heavy atom. The second-order valence-corrected chi connectivity index (χ2v) is 6.87. The molecule has 0 saturated heterocycles. The third kappa shape index (κ3) is 3.75. The molecule has 0 fully saturated rings. The molecule has 3 N–H and O–H groups in total. The van der Waals surface area contributed by atoms with Crippen LogP contribution in [0, 0.1) is 0 Å². The van der Waals surface area contributed by atoms with Gasteiger partial charge in [-0.2, -0.15) is 0 Å². The number of nitrogens with two attached hydrogens (primary N) is 1. The third-order valence-corrected chi connectivity index (χ3v) is 4.80. The van der Waals surface area contributed by atoms with Gasteiger partial charge in [0.25, 0.3) is 10.0 Å². The number of methoxy groups -OCH3 is 1. The molecule has 0 unspecified atom stereocenters. The van der Waals surface area contributed by atoms with Crippen molar-refractivity contribution in [2.24, 2.45) is 5.73 Å². The molecule has 0 heterocycles. The van der Waals surface area contributed by atoms with Gasteiger partial charge in [0, 0.05) is 16.7 Å². The van der Waals surface area contributed by atoms with Crippen molar-refractivity contribution in [2.75, 3.05) is 11.8 Å². The van der Waals surface area contributed by atoms with Gasteiger partial charge in [0.2, 0.25) is 0 Å². The summed E-state index contributed by atoms with van der Waals surface area (Å²) in [6, 6.07) is 11.6. The SMILES string of the molecule is COc1cc(CN)ccc1S(=O)(=O)Nc1ccc(Br)cc1. The first-order chi connectivity index (χ1) is 9.96. The van der Waals surface area contributed by atoms with Crippen molar-refractivity contribution >= 4 is 31.6 Å². The van der Waals surface area contributed by atoms with Crippen LogP contribution in [-0.2, 0) is 16.6 Å². The standard InChI is InChI=1S/C14H15BrN2O3S/c1-20-13-8-10(9-16)2-7-14(13)21(18,19)17-12-5-3-11(15)4-6-12/h2-8,17H,9,16H2,1H3.